The van der Waals surface area contributed by atoms with Gasteiger partial charge in [-0.1, -0.05) is 13.3 Å². The Kier molecular flexibility index (Phi) is 7.63. The first kappa shape index (κ1) is 16.8. The fourth-order valence-corrected chi connectivity index (χ4v) is 3.76. The number of aliphatic hydroxyl groups excluding tert-OH is 1. The molecule has 1 heterocycles. The van der Waals surface area contributed by atoms with Crippen molar-refractivity contribution in [2.75, 3.05) is 6.54 Å². The van der Waals surface area contributed by atoms with Crippen LogP contribution in [0.15, 0.2) is 12.1 Å². The molecule has 95 valence electrons. The van der Waals surface area contributed by atoms with E-state index in [1.807, 2.05) is 6.07 Å². The van der Waals surface area contributed by atoms with E-state index in [0.29, 0.717) is 17.8 Å². The topological polar surface area (TPSA) is 32.3 Å². The molecule has 0 saturated heterocycles. The molecule has 4 atom stereocenters. The molecule has 5 heteroatoms. The van der Waals surface area contributed by atoms with Gasteiger partial charge in [-0.15, -0.1) is 10.3 Å². The quantitative estimate of drug-likeness (QED) is 0.634. The van der Waals surface area contributed by atoms with Crippen LogP contribution in [0, 0.1) is 23.1 Å². The van der Waals surface area contributed by atoms with Crippen LogP contribution in [-0.2, 0) is 39.1 Å². The van der Waals surface area contributed by atoms with Crippen molar-refractivity contribution in [1.29, 1.82) is 0 Å². The van der Waals surface area contributed by atoms with Gasteiger partial charge < -0.3 is 21.7 Å². The van der Waals surface area contributed by atoms with E-state index >= 15 is 0 Å². The summed E-state index contributed by atoms with van der Waals surface area (Å²) < 4.78 is 0. The second kappa shape index (κ2) is 8.16. The van der Waals surface area contributed by atoms with Gasteiger partial charge >= 0.3 is 0 Å². The first-order chi connectivity index (χ1) is 8.22. The molecule has 0 spiro atoms. The molecule has 1 aromatic rings. The van der Waals surface area contributed by atoms with Crippen LogP contribution >= 0.6 is 11.3 Å². The third-order valence-corrected chi connectivity index (χ3v) is 4.79. The molecule has 0 aliphatic heterocycles. The van der Waals surface area contributed by atoms with Crippen molar-refractivity contribution in [2.45, 2.75) is 32.3 Å². The zero-order chi connectivity index (χ0) is 12.3. The minimum Gasteiger partial charge on any atom is -0.393 e. The summed E-state index contributed by atoms with van der Waals surface area (Å²) in [6, 6.07) is 4.12. The van der Waals surface area contributed by atoms with E-state index in [-0.39, 0.29) is 38.8 Å². The maximum atomic E-state index is 10.1. The predicted octanol–water partition coefficient (Wildman–Crippen LogP) is 1.78. The van der Waals surface area contributed by atoms with Gasteiger partial charge in [0.2, 0.25) is 0 Å². The number of rotatable bonds is 5. The van der Waals surface area contributed by atoms with E-state index in [9.17, 15) is 5.11 Å². The Balaban J connectivity index is 0.00000162. The van der Waals surface area contributed by atoms with Crippen molar-refractivity contribution in [2.24, 2.45) is 17.8 Å². The van der Waals surface area contributed by atoms with Gasteiger partial charge in [-0.2, -0.15) is 6.07 Å². The van der Waals surface area contributed by atoms with E-state index in [1.54, 1.807) is 11.3 Å². The van der Waals surface area contributed by atoms with Gasteiger partial charge in [0.15, 0.2) is 7.98 Å². The fourth-order valence-electron chi connectivity index (χ4n) is 3.06. The normalized spacial score (nSPS) is 31.2. The maximum absolute atomic E-state index is 10.1. The number of thiophene rings is 1. The zero-order valence-electron chi connectivity index (χ0n) is 10.8. The minimum absolute atomic E-state index is 0. The summed E-state index contributed by atoms with van der Waals surface area (Å²) in [5, 5.41) is 15.9. The van der Waals surface area contributed by atoms with Gasteiger partial charge in [0, 0.05) is 32.7 Å². The van der Waals surface area contributed by atoms with Crippen LogP contribution in [0.3, 0.4) is 0 Å². The van der Waals surface area contributed by atoms with Gasteiger partial charge in [-0.05, 0) is 37.1 Å². The molecule has 1 saturated carbocycles. The predicted molar refractivity (Wildman–Crippen MR) is 72.0 cm³/mol. The van der Waals surface area contributed by atoms with Crippen LogP contribution in [0.25, 0.3) is 0 Å². The Morgan fingerprint density at radius 3 is 2.94 bits per heavy atom. The largest absolute Gasteiger partial charge is 0.393 e. The third kappa shape index (κ3) is 4.14. The number of aliphatic hydroxyl groups is 1. The molecule has 1 aliphatic rings. The van der Waals surface area contributed by atoms with Crippen molar-refractivity contribution < 1.29 is 37.8 Å². The molecule has 1 aromatic heterocycles. The van der Waals surface area contributed by atoms with Gasteiger partial charge in [-0.3, -0.25) is 0 Å². The summed E-state index contributed by atoms with van der Waals surface area (Å²) in [6.07, 6.45) is 2.80. The molecule has 2 nitrogen and oxygen atoms in total. The summed E-state index contributed by atoms with van der Waals surface area (Å²) in [4.78, 5) is 1.38. The monoisotopic (exact) mass is 337 g/mol. The van der Waals surface area contributed by atoms with Crippen LogP contribution < -0.4 is 5.23 Å². The van der Waals surface area contributed by atoms with Crippen molar-refractivity contribution in [3.8, 4) is 0 Å². The Hall–Kier alpha value is 0.789. The molecule has 0 aromatic carbocycles. The smallest absolute Gasteiger partial charge is 0.177 e. The number of nitrogens with one attached hydrogen (secondary N) is 1. The number of hydrogen-bond acceptors (Lipinski definition) is 3. The third-order valence-electron chi connectivity index (χ3n) is 3.97. The van der Waals surface area contributed by atoms with Gasteiger partial charge in [0.1, 0.15) is 0 Å². The van der Waals surface area contributed by atoms with Crippen LogP contribution in [0.2, 0.25) is 0 Å². The standard InChI is InChI=1S/C13H19BNOS.Y/c1-9-7-13(16)11(4-5-15-14)12(9)8-10-3-2-6-17-10;/h2-3,9,11-13,15-16H,4-5,7-8H2,1H3;/q-1;. The summed E-state index contributed by atoms with van der Waals surface area (Å²) in [6.45, 7) is 3.03. The van der Waals surface area contributed by atoms with Crippen LogP contribution in [0.5, 0.6) is 0 Å². The number of hydrogen-bond donors (Lipinski definition) is 2. The fraction of sp³-hybridized carbons (Fsp3) is 0.692. The van der Waals surface area contributed by atoms with Crippen LogP contribution in [-0.4, -0.2) is 25.7 Å². The Bertz CT molecular complexity index is 336. The van der Waals surface area contributed by atoms with E-state index in [4.69, 9.17) is 7.98 Å². The Morgan fingerprint density at radius 1 is 1.56 bits per heavy atom. The SMILES string of the molecule is [B]NCCC1C(O)CC(C)C1Cc1cc[c-]s1.[Y]. The zero-order valence-corrected chi connectivity index (χ0v) is 14.5. The van der Waals surface area contributed by atoms with Gasteiger partial charge in [0.05, 0.1) is 6.10 Å². The van der Waals surface area contributed by atoms with Crippen molar-refractivity contribution in [3.05, 3.63) is 22.4 Å². The van der Waals surface area contributed by atoms with E-state index in [0.717, 1.165) is 25.8 Å². The average molecular weight is 337 g/mol. The van der Waals surface area contributed by atoms with Gasteiger partial charge in [0.25, 0.3) is 0 Å². The summed E-state index contributed by atoms with van der Waals surface area (Å²) in [5.41, 5.74) is 0. The molecule has 2 rings (SSSR count). The second-order valence-corrected chi connectivity index (χ2v) is 6.04. The molecule has 18 heavy (non-hydrogen) atoms. The molecule has 2 N–H and O–H groups in total. The average Bonchev–Trinajstić information content (AvgIpc) is 2.88. The van der Waals surface area contributed by atoms with Crippen molar-refractivity contribution in [1.82, 2.24) is 5.23 Å². The molecule has 4 unspecified atom stereocenters. The molecule has 3 radical (unpaired) electrons. The summed E-state index contributed by atoms with van der Waals surface area (Å²) in [5.74, 6) is 1.54. The van der Waals surface area contributed by atoms with Crippen molar-refractivity contribution >= 4 is 19.3 Å². The molecule has 1 fully saturated rings. The minimum atomic E-state index is -0.160. The summed E-state index contributed by atoms with van der Waals surface area (Å²) >= 11 is 1.69. The second-order valence-electron chi connectivity index (χ2n) is 5.07. The molecule has 0 bridgehead atoms. The van der Waals surface area contributed by atoms with E-state index in [2.05, 4.69) is 23.6 Å². The first-order valence-corrected chi connectivity index (χ1v) is 7.10. The molecular formula is C13H19BNOSY-. The summed E-state index contributed by atoms with van der Waals surface area (Å²) in [7, 11) is 5.33. The van der Waals surface area contributed by atoms with Crippen LogP contribution in [0.4, 0.5) is 0 Å². The molecule has 1 aliphatic carbocycles. The van der Waals surface area contributed by atoms with E-state index in [1.165, 1.54) is 4.88 Å². The Labute approximate surface area is 140 Å². The van der Waals surface area contributed by atoms with Crippen molar-refractivity contribution in [3.63, 3.8) is 0 Å². The van der Waals surface area contributed by atoms with Crippen LogP contribution in [0.1, 0.15) is 24.6 Å². The maximum Gasteiger partial charge on any atom is 0.177 e. The molecular weight excluding hydrogens is 318 g/mol. The Morgan fingerprint density at radius 2 is 2.33 bits per heavy atom. The van der Waals surface area contributed by atoms with E-state index < -0.39 is 0 Å². The van der Waals surface area contributed by atoms with Gasteiger partial charge in [-0.25, -0.2) is 6.07 Å². The molecule has 0 amide bonds. The first-order valence-electron chi connectivity index (χ1n) is 6.28.